The first-order chi connectivity index (χ1) is 5.74. The first-order valence-electron chi connectivity index (χ1n) is 5.19. The Morgan fingerprint density at radius 2 is 1.92 bits per heavy atom. The van der Waals surface area contributed by atoms with Crippen molar-refractivity contribution in [2.24, 2.45) is 17.8 Å². The smallest absolute Gasteiger partial charge is 0.123 e. The zero-order valence-corrected chi connectivity index (χ0v) is 8.25. The Morgan fingerprint density at radius 1 is 1.33 bits per heavy atom. The number of hydrogen-bond acceptors (Lipinski definition) is 1. The van der Waals surface area contributed by atoms with Gasteiger partial charge < -0.3 is 4.79 Å². The van der Waals surface area contributed by atoms with Gasteiger partial charge in [0.05, 0.1) is 0 Å². The molecule has 0 aromatic rings. The van der Waals surface area contributed by atoms with Gasteiger partial charge in [0.15, 0.2) is 0 Å². The lowest BCUT2D eigenvalue weighted by Crippen LogP contribution is -2.15. The minimum absolute atomic E-state index is 0.354. The van der Waals surface area contributed by atoms with Gasteiger partial charge in [0.2, 0.25) is 0 Å². The van der Waals surface area contributed by atoms with Crippen LogP contribution in [-0.4, -0.2) is 6.29 Å². The van der Waals surface area contributed by atoms with E-state index in [1.54, 1.807) is 0 Å². The van der Waals surface area contributed by atoms with Crippen molar-refractivity contribution in [2.45, 2.75) is 46.0 Å². The third-order valence-corrected chi connectivity index (χ3v) is 2.92. The van der Waals surface area contributed by atoms with Crippen LogP contribution in [0.2, 0.25) is 0 Å². The molecule has 1 rings (SSSR count). The summed E-state index contributed by atoms with van der Waals surface area (Å²) in [6, 6.07) is 0. The van der Waals surface area contributed by atoms with Crippen molar-refractivity contribution >= 4 is 6.29 Å². The highest BCUT2D eigenvalue weighted by molar-refractivity contribution is 5.54. The normalized spacial score (nSPS) is 21.6. The molecule has 1 fully saturated rings. The molecule has 1 nitrogen and oxygen atoms in total. The van der Waals surface area contributed by atoms with Gasteiger partial charge in [-0.05, 0) is 31.1 Å². The molecule has 0 radical (unpaired) electrons. The SMILES string of the molecule is CC(C)CC(C=O)C1CCCC1. The van der Waals surface area contributed by atoms with E-state index in [1.807, 2.05) is 0 Å². The lowest BCUT2D eigenvalue weighted by Gasteiger charge is -2.18. The summed E-state index contributed by atoms with van der Waals surface area (Å²) in [6.45, 7) is 4.40. The lowest BCUT2D eigenvalue weighted by molar-refractivity contribution is -0.113. The van der Waals surface area contributed by atoms with Gasteiger partial charge in [0.1, 0.15) is 6.29 Å². The molecule has 12 heavy (non-hydrogen) atoms. The molecule has 1 aliphatic carbocycles. The molecule has 0 saturated heterocycles. The van der Waals surface area contributed by atoms with Crippen molar-refractivity contribution in [3.63, 3.8) is 0 Å². The zero-order valence-electron chi connectivity index (χ0n) is 8.25. The Hall–Kier alpha value is -0.330. The van der Waals surface area contributed by atoms with Crippen LogP contribution in [-0.2, 0) is 4.79 Å². The highest BCUT2D eigenvalue weighted by Gasteiger charge is 2.24. The van der Waals surface area contributed by atoms with Crippen molar-refractivity contribution in [3.05, 3.63) is 0 Å². The molecular formula is C11H20O. The third kappa shape index (κ3) is 2.62. The van der Waals surface area contributed by atoms with Crippen LogP contribution in [0.4, 0.5) is 0 Å². The number of aldehydes is 1. The van der Waals surface area contributed by atoms with Crippen molar-refractivity contribution in [1.82, 2.24) is 0 Å². The van der Waals surface area contributed by atoms with E-state index in [-0.39, 0.29) is 0 Å². The number of carbonyl (C=O) groups excluding carboxylic acids is 1. The summed E-state index contributed by atoms with van der Waals surface area (Å²) in [6.07, 6.45) is 7.54. The first kappa shape index (κ1) is 9.76. The summed E-state index contributed by atoms with van der Waals surface area (Å²) in [5.74, 6) is 1.73. The fourth-order valence-corrected chi connectivity index (χ4v) is 2.29. The second kappa shape index (κ2) is 4.64. The quantitative estimate of drug-likeness (QED) is 0.590. The number of hydrogen-bond donors (Lipinski definition) is 0. The fraction of sp³-hybridized carbons (Fsp3) is 0.909. The summed E-state index contributed by atoms with van der Waals surface area (Å²) in [7, 11) is 0. The standard InChI is InChI=1S/C11H20O/c1-9(2)7-11(8-12)10-5-3-4-6-10/h8-11H,3-7H2,1-2H3. The van der Waals surface area contributed by atoms with Gasteiger partial charge in [0.25, 0.3) is 0 Å². The zero-order chi connectivity index (χ0) is 8.97. The molecule has 0 aromatic heterocycles. The molecule has 1 atom stereocenters. The van der Waals surface area contributed by atoms with Crippen molar-refractivity contribution in [2.75, 3.05) is 0 Å². The molecule has 0 aliphatic heterocycles. The van der Waals surface area contributed by atoms with Crippen molar-refractivity contribution < 1.29 is 4.79 Å². The first-order valence-corrected chi connectivity index (χ1v) is 5.19. The average Bonchev–Trinajstić information content (AvgIpc) is 2.51. The minimum Gasteiger partial charge on any atom is -0.303 e. The maximum Gasteiger partial charge on any atom is 0.123 e. The third-order valence-electron chi connectivity index (χ3n) is 2.92. The molecule has 0 heterocycles. The van der Waals surface area contributed by atoms with Crippen LogP contribution in [0.5, 0.6) is 0 Å². The Bertz CT molecular complexity index is 134. The minimum atomic E-state index is 0.354. The fourth-order valence-electron chi connectivity index (χ4n) is 2.29. The van der Waals surface area contributed by atoms with Gasteiger partial charge in [-0.2, -0.15) is 0 Å². The summed E-state index contributed by atoms with van der Waals surface area (Å²) in [4.78, 5) is 10.8. The Balaban J connectivity index is 2.37. The van der Waals surface area contributed by atoms with E-state index in [2.05, 4.69) is 13.8 Å². The van der Waals surface area contributed by atoms with Crippen LogP contribution in [0.1, 0.15) is 46.0 Å². The molecule has 0 spiro atoms. The Kier molecular flexibility index (Phi) is 3.77. The van der Waals surface area contributed by atoms with Gasteiger partial charge in [-0.15, -0.1) is 0 Å². The Labute approximate surface area is 75.5 Å². The predicted octanol–water partition coefficient (Wildman–Crippen LogP) is 3.04. The van der Waals surface area contributed by atoms with Gasteiger partial charge >= 0.3 is 0 Å². The molecular weight excluding hydrogens is 148 g/mol. The molecule has 1 unspecified atom stereocenters. The summed E-state index contributed by atoms with van der Waals surface area (Å²) >= 11 is 0. The van der Waals surface area contributed by atoms with Crippen LogP contribution in [0.15, 0.2) is 0 Å². The highest BCUT2D eigenvalue weighted by atomic mass is 16.1. The van der Waals surface area contributed by atoms with E-state index in [9.17, 15) is 4.79 Å². The predicted molar refractivity (Wildman–Crippen MR) is 51.0 cm³/mol. The summed E-state index contributed by atoms with van der Waals surface area (Å²) in [5.41, 5.74) is 0. The van der Waals surface area contributed by atoms with E-state index in [4.69, 9.17) is 0 Å². The Morgan fingerprint density at radius 3 is 2.33 bits per heavy atom. The van der Waals surface area contributed by atoms with Crippen LogP contribution in [0, 0.1) is 17.8 Å². The van der Waals surface area contributed by atoms with Gasteiger partial charge in [-0.3, -0.25) is 0 Å². The molecule has 0 bridgehead atoms. The van der Waals surface area contributed by atoms with Crippen LogP contribution in [0.25, 0.3) is 0 Å². The topological polar surface area (TPSA) is 17.1 Å². The molecule has 1 heteroatoms. The second-order valence-corrected chi connectivity index (χ2v) is 4.47. The van der Waals surface area contributed by atoms with E-state index in [0.29, 0.717) is 17.8 Å². The van der Waals surface area contributed by atoms with E-state index in [0.717, 1.165) is 6.42 Å². The molecule has 0 N–H and O–H groups in total. The summed E-state index contributed by atoms with van der Waals surface area (Å²) in [5, 5.41) is 0. The summed E-state index contributed by atoms with van der Waals surface area (Å²) < 4.78 is 0. The molecule has 0 amide bonds. The van der Waals surface area contributed by atoms with Gasteiger partial charge in [-0.25, -0.2) is 0 Å². The number of rotatable bonds is 4. The second-order valence-electron chi connectivity index (χ2n) is 4.47. The maximum absolute atomic E-state index is 10.8. The molecule has 0 aromatic carbocycles. The molecule has 1 aliphatic rings. The van der Waals surface area contributed by atoms with E-state index < -0.39 is 0 Å². The van der Waals surface area contributed by atoms with E-state index >= 15 is 0 Å². The monoisotopic (exact) mass is 168 g/mol. The largest absolute Gasteiger partial charge is 0.303 e. The van der Waals surface area contributed by atoms with E-state index in [1.165, 1.54) is 32.0 Å². The number of carbonyl (C=O) groups is 1. The van der Waals surface area contributed by atoms with Crippen molar-refractivity contribution in [1.29, 1.82) is 0 Å². The average molecular weight is 168 g/mol. The highest BCUT2D eigenvalue weighted by Crippen LogP contribution is 2.33. The molecule has 70 valence electrons. The van der Waals surface area contributed by atoms with Crippen molar-refractivity contribution in [3.8, 4) is 0 Å². The van der Waals surface area contributed by atoms with Crippen LogP contribution in [0.3, 0.4) is 0 Å². The van der Waals surface area contributed by atoms with Gasteiger partial charge in [0, 0.05) is 5.92 Å². The lowest BCUT2D eigenvalue weighted by atomic mass is 9.85. The van der Waals surface area contributed by atoms with Gasteiger partial charge in [-0.1, -0.05) is 26.7 Å². The molecule has 1 saturated carbocycles. The maximum atomic E-state index is 10.8. The van der Waals surface area contributed by atoms with Crippen LogP contribution < -0.4 is 0 Å². The van der Waals surface area contributed by atoms with Crippen LogP contribution >= 0.6 is 0 Å².